The van der Waals surface area contributed by atoms with Gasteiger partial charge in [0.15, 0.2) is 0 Å². The molecule has 5 unspecified atom stereocenters. The third kappa shape index (κ3) is 11.9. The van der Waals surface area contributed by atoms with Gasteiger partial charge in [0.25, 0.3) is 0 Å². The molecule has 1 heterocycles. The number of ether oxygens (including phenoxy) is 1. The lowest BCUT2D eigenvalue weighted by atomic mass is 9.79. The summed E-state index contributed by atoms with van der Waals surface area (Å²) in [5.41, 5.74) is 6.03. The molecular formula is C32H59N3O5. The Bertz CT molecular complexity index is 759. The topological polar surface area (TPSA) is 140 Å². The lowest BCUT2D eigenvalue weighted by molar-refractivity contribution is -0.0755. The van der Waals surface area contributed by atoms with Gasteiger partial charge in [0.2, 0.25) is 0 Å². The molecule has 3 rings (SSSR count). The summed E-state index contributed by atoms with van der Waals surface area (Å²) in [4.78, 5) is 0. The number of piperidine rings is 1. The fourth-order valence-corrected chi connectivity index (χ4v) is 6.91. The Balaban J connectivity index is 1.44. The standard InChI is InChI=1S/C32H59N3O5/c1-3-23-6-4-8-27(29(38)14-11-26(18-23)35-21-22(2)36)28(37)12-9-25-10-13-30(39)31(19-25)40-17-5-7-24-15-16-34-32(33)20-24/h22-32,34-39H,3,5,7-21,33H2,1-2H3/t22-,23-,24?,25?,26+,27+,28+,29-,30?,31?,32?/m0/s1. The van der Waals surface area contributed by atoms with Crippen LogP contribution in [0, 0.1) is 35.5 Å². The van der Waals surface area contributed by atoms with Crippen LogP contribution in [-0.2, 0) is 4.74 Å². The summed E-state index contributed by atoms with van der Waals surface area (Å²) in [7, 11) is 0. The molecule has 40 heavy (non-hydrogen) atoms. The van der Waals surface area contributed by atoms with E-state index in [0.29, 0.717) is 44.2 Å². The van der Waals surface area contributed by atoms with E-state index in [-0.39, 0.29) is 30.1 Å². The molecule has 1 saturated carbocycles. The van der Waals surface area contributed by atoms with Crippen molar-refractivity contribution in [1.82, 2.24) is 10.6 Å². The first-order valence-corrected chi connectivity index (χ1v) is 16.3. The van der Waals surface area contributed by atoms with Crippen LogP contribution in [0.25, 0.3) is 0 Å². The number of aliphatic hydroxyl groups excluding tert-OH is 4. The van der Waals surface area contributed by atoms with E-state index in [2.05, 4.69) is 29.4 Å². The first-order chi connectivity index (χ1) is 19.2. The van der Waals surface area contributed by atoms with Gasteiger partial charge in [-0.1, -0.05) is 12.8 Å². The minimum absolute atomic E-state index is 0.114. The minimum atomic E-state index is -0.602. The number of nitrogens with two attached hydrogens (primary N) is 1. The molecule has 2 aliphatic carbocycles. The largest absolute Gasteiger partial charge is 0.393 e. The van der Waals surface area contributed by atoms with E-state index < -0.39 is 24.4 Å². The molecule has 1 saturated heterocycles. The summed E-state index contributed by atoms with van der Waals surface area (Å²) >= 11 is 0. The van der Waals surface area contributed by atoms with Crippen molar-refractivity contribution in [3.05, 3.63) is 0 Å². The van der Waals surface area contributed by atoms with Crippen molar-refractivity contribution in [2.45, 2.75) is 146 Å². The molecule has 11 atom stereocenters. The zero-order valence-electron chi connectivity index (χ0n) is 25.1. The van der Waals surface area contributed by atoms with Crippen LogP contribution < -0.4 is 16.4 Å². The van der Waals surface area contributed by atoms with Gasteiger partial charge in [0.05, 0.1) is 36.7 Å². The van der Waals surface area contributed by atoms with Crippen LogP contribution >= 0.6 is 0 Å². The number of hydrogen-bond acceptors (Lipinski definition) is 8. The Morgan fingerprint density at radius 3 is 2.52 bits per heavy atom. The molecule has 0 amide bonds. The van der Waals surface area contributed by atoms with Gasteiger partial charge in [0, 0.05) is 37.5 Å². The lowest BCUT2D eigenvalue weighted by Crippen LogP contribution is -2.44. The summed E-state index contributed by atoms with van der Waals surface area (Å²) in [6.45, 7) is 6.13. The average Bonchev–Trinajstić information content (AvgIpc) is 2.93. The Morgan fingerprint density at radius 1 is 1.00 bits per heavy atom. The molecular weight excluding hydrogens is 506 g/mol. The molecule has 8 heteroatoms. The second-order valence-electron chi connectivity index (χ2n) is 13.0. The Hall–Kier alpha value is -0.760. The zero-order chi connectivity index (χ0) is 28.9. The highest BCUT2D eigenvalue weighted by molar-refractivity contribution is 5.07. The third-order valence-corrected chi connectivity index (χ3v) is 9.58. The van der Waals surface area contributed by atoms with Crippen molar-refractivity contribution in [3.8, 4) is 11.8 Å². The van der Waals surface area contributed by atoms with Crippen LogP contribution in [0.1, 0.15) is 104 Å². The average molecular weight is 566 g/mol. The van der Waals surface area contributed by atoms with Crippen molar-refractivity contribution >= 4 is 0 Å². The SMILES string of the molecule is CC[C@H]1C#CC[C@H]([C@H](O)CCC2CCC(O)C(OCCCC3CCNC(N)C3)C2)[C@@H](O)CC[C@@H](NC[C@H](C)O)C1. The maximum atomic E-state index is 11.2. The molecule has 2 fully saturated rings. The maximum absolute atomic E-state index is 11.2. The molecule has 8 N–H and O–H groups in total. The molecule has 232 valence electrons. The van der Waals surface area contributed by atoms with E-state index in [9.17, 15) is 20.4 Å². The minimum Gasteiger partial charge on any atom is -0.393 e. The van der Waals surface area contributed by atoms with E-state index >= 15 is 0 Å². The van der Waals surface area contributed by atoms with Gasteiger partial charge in [-0.05, 0) is 109 Å². The fourth-order valence-electron chi connectivity index (χ4n) is 6.91. The van der Waals surface area contributed by atoms with Crippen LogP contribution in [0.4, 0.5) is 0 Å². The quantitative estimate of drug-likeness (QED) is 0.134. The predicted octanol–water partition coefficient (Wildman–Crippen LogP) is 2.66. The van der Waals surface area contributed by atoms with Gasteiger partial charge < -0.3 is 41.5 Å². The molecule has 0 bridgehead atoms. The number of hydrogen-bond donors (Lipinski definition) is 7. The smallest absolute Gasteiger partial charge is 0.0836 e. The van der Waals surface area contributed by atoms with Gasteiger partial charge in [-0.3, -0.25) is 0 Å². The fraction of sp³-hybridized carbons (Fsp3) is 0.938. The lowest BCUT2D eigenvalue weighted by Gasteiger charge is -2.35. The molecule has 0 radical (unpaired) electrons. The van der Waals surface area contributed by atoms with Crippen LogP contribution in [-0.4, -0.2) is 82.8 Å². The summed E-state index contributed by atoms with van der Waals surface area (Å²) in [6.07, 6.45) is 10.1. The summed E-state index contributed by atoms with van der Waals surface area (Å²) in [5, 5.41) is 49.2. The van der Waals surface area contributed by atoms with E-state index in [4.69, 9.17) is 10.5 Å². The number of aliphatic hydroxyl groups is 4. The van der Waals surface area contributed by atoms with Gasteiger partial charge in [0.1, 0.15) is 0 Å². The van der Waals surface area contributed by atoms with Crippen molar-refractivity contribution < 1.29 is 25.2 Å². The molecule has 0 spiro atoms. The van der Waals surface area contributed by atoms with Gasteiger partial charge in [-0.15, -0.1) is 5.92 Å². The highest BCUT2D eigenvalue weighted by Crippen LogP contribution is 2.33. The van der Waals surface area contributed by atoms with E-state index in [1.807, 2.05) is 0 Å². The van der Waals surface area contributed by atoms with Gasteiger partial charge in [-0.25, -0.2) is 0 Å². The first-order valence-electron chi connectivity index (χ1n) is 16.3. The zero-order valence-corrected chi connectivity index (χ0v) is 25.1. The van der Waals surface area contributed by atoms with Crippen LogP contribution in [0.2, 0.25) is 0 Å². The highest BCUT2D eigenvalue weighted by atomic mass is 16.5. The summed E-state index contributed by atoms with van der Waals surface area (Å²) in [6, 6.07) is 0.197. The Labute approximate surface area is 243 Å². The van der Waals surface area contributed by atoms with Crippen LogP contribution in [0.5, 0.6) is 0 Å². The van der Waals surface area contributed by atoms with E-state index in [1.165, 1.54) is 6.42 Å². The van der Waals surface area contributed by atoms with E-state index in [1.54, 1.807) is 6.92 Å². The van der Waals surface area contributed by atoms with Crippen molar-refractivity contribution in [1.29, 1.82) is 0 Å². The normalized spacial score (nSPS) is 37.2. The number of rotatable bonds is 13. The maximum Gasteiger partial charge on any atom is 0.0836 e. The summed E-state index contributed by atoms with van der Waals surface area (Å²) < 4.78 is 6.17. The molecule has 0 aromatic carbocycles. The van der Waals surface area contributed by atoms with Crippen molar-refractivity contribution in [3.63, 3.8) is 0 Å². The Kier molecular flexibility index (Phi) is 15.2. The van der Waals surface area contributed by atoms with Crippen molar-refractivity contribution in [2.75, 3.05) is 19.7 Å². The first kappa shape index (κ1) is 33.7. The molecule has 0 aromatic rings. The second-order valence-corrected chi connectivity index (χ2v) is 13.0. The second kappa shape index (κ2) is 18.0. The summed E-state index contributed by atoms with van der Waals surface area (Å²) in [5.74, 6) is 7.78. The molecule has 0 aromatic heterocycles. The Morgan fingerprint density at radius 2 is 1.77 bits per heavy atom. The predicted molar refractivity (Wildman–Crippen MR) is 159 cm³/mol. The molecule has 8 nitrogen and oxygen atoms in total. The van der Waals surface area contributed by atoms with Gasteiger partial charge >= 0.3 is 0 Å². The monoisotopic (exact) mass is 565 g/mol. The molecule has 3 aliphatic rings. The van der Waals surface area contributed by atoms with Crippen LogP contribution in [0.15, 0.2) is 0 Å². The molecule has 1 aliphatic heterocycles. The van der Waals surface area contributed by atoms with Crippen molar-refractivity contribution in [2.24, 2.45) is 29.4 Å². The highest BCUT2D eigenvalue weighted by Gasteiger charge is 2.32. The third-order valence-electron chi connectivity index (χ3n) is 9.58. The number of nitrogens with one attached hydrogen (secondary N) is 2. The van der Waals surface area contributed by atoms with Gasteiger partial charge in [-0.2, -0.15) is 0 Å². The van der Waals surface area contributed by atoms with E-state index in [0.717, 1.165) is 70.8 Å². The van der Waals surface area contributed by atoms with Crippen LogP contribution in [0.3, 0.4) is 0 Å².